The topological polar surface area (TPSA) is 60.1 Å². The van der Waals surface area contributed by atoms with Crippen LogP contribution in [-0.4, -0.2) is 38.2 Å². The Kier molecular flexibility index (Phi) is 3.28. The van der Waals surface area contributed by atoms with Crippen molar-refractivity contribution in [3.63, 3.8) is 0 Å². The minimum absolute atomic E-state index is 0.00560. The summed E-state index contributed by atoms with van der Waals surface area (Å²) in [4.78, 5) is 24.6. The zero-order valence-corrected chi connectivity index (χ0v) is 9.47. The van der Waals surface area contributed by atoms with Crippen molar-refractivity contribution in [3.8, 4) is 0 Å². The first kappa shape index (κ1) is 11.5. The fourth-order valence-corrected chi connectivity index (χ4v) is 1.06. The minimum atomic E-state index is -0.277. The van der Waals surface area contributed by atoms with Gasteiger partial charge in [0.1, 0.15) is 12.9 Å². The second-order valence-corrected chi connectivity index (χ2v) is 3.78. The molecule has 0 unspecified atom stereocenters. The number of hydrogen-bond acceptors (Lipinski definition) is 3. The molecule has 0 aliphatic rings. The van der Waals surface area contributed by atoms with Gasteiger partial charge in [-0.3, -0.25) is 9.36 Å². The summed E-state index contributed by atoms with van der Waals surface area (Å²) < 4.78 is 2.49. The van der Waals surface area contributed by atoms with Crippen LogP contribution in [0.5, 0.6) is 0 Å². The standard InChI is InChI=1S/C9H16N4O2/c1-7(2)12(4)8(14)5-13-9(15)11(3)6-10-13/h6-7H,5H2,1-4H3. The number of aryl methyl sites for hydroxylation is 1. The van der Waals surface area contributed by atoms with Gasteiger partial charge in [-0.2, -0.15) is 5.10 Å². The monoisotopic (exact) mass is 212 g/mol. The molecule has 6 nitrogen and oxygen atoms in total. The number of likely N-dealkylation sites (N-methyl/N-ethyl adjacent to an activating group) is 1. The van der Waals surface area contributed by atoms with E-state index in [2.05, 4.69) is 5.10 Å². The third-order valence-electron chi connectivity index (χ3n) is 2.34. The average molecular weight is 212 g/mol. The molecule has 0 aromatic carbocycles. The summed E-state index contributed by atoms with van der Waals surface area (Å²) in [6.07, 6.45) is 1.39. The maximum atomic E-state index is 11.6. The van der Waals surface area contributed by atoms with Crippen LogP contribution in [0.25, 0.3) is 0 Å². The molecule has 0 saturated heterocycles. The van der Waals surface area contributed by atoms with Crippen molar-refractivity contribution < 1.29 is 4.79 Å². The number of carbonyl (C=O) groups excluding carboxylic acids is 1. The van der Waals surface area contributed by atoms with Crippen molar-refractivity contribution in [1.29, 1.82) is 0 Å². The molecule has 1 aromatic heterocycles. The Labute approximate surface area is 88.1 Å². The molecule has 1 aromatic rings. The van der Waals surface area contributed by atoms with Gasteiger partial charge in [0.25, 0.3) is 0 Å². The van der Waals surface area contributed by atoms with Crippen LogP contribution in [0.2, 0.25) is 0 Å². The summed E-state index contributed by atoms with van der Waals surface area (Å²) in [5.41, 5.74) is -0.277. The third kappa shape index (κ3) is 2.45. The van der Waals surface area contributed by atoms with Gasteiger partial charge in [-0.15, -0.1) is 0 Å². The number of aromatic nitrogens is 3. The molecule has 0 aliphatic heterocycles. The lowest BCUT2D eigenvalue weighted by Crippen LogP contribution is -2.38. The summed E-state index contributed by atoms with van der Waals surface area (Å²) in [7, 11) is 3.31. The van der Waals surface area contributed by atoms with Crippen LogP contribution in [0.1, 0.15) is 13.8 Å². The van der Waals surface area contributed by atoms with E-state index in [0.29, 0.717) is 0 Å². The molecule has 0 atom stereocenters. The number of amides is 1. The molecule has 0 N–H and O–H groups in total. The first-order chi connectivity index (χ1) is 6.93. The molecule has 0 bridgehead atoms. The second kappa shape index (κ2) is 4.29. The highest BCUT2D eigenvalue weighted by atomic mass is 16.2. The third-order valence-corrected chi connectivity index (χ3v) is 2.34. The van der Waals surface area contributed by atoms with Crippen molar-refractivity contribution in [2.45, 2.75) is 26.4 Å². The van der Waals surface area contributed by atoms with E-state index in [4.69, 9.17) is 0 Å². The molecule has 1 rings (SSSR count). The summed E-state index contributed by atoms with van der Waals surface area (Å²) in [6.45, 7) is 3.83. The van der Waals surface area contributed by atoms with E-state index in [0.717, 1.165) is 4.68 Å². The van der Waals surface area contributed by atoms with E-state index < -0.39 is 0 Å². The van der Waals surface area contributed by atoms with E-state index in [1.165, 1.54) is 10.9 Å². The highest BCUT2D eigenvalue weighted by Gasteiger charge is 2.14. The molecule has 0 saturated carbocycles. The number of rotatable bonds is 3. The van der Waals surface area contributed by atoms with E-state index >= 15 is 0 Å². The molecule has 0 radical (unpaired) electrons. The van der Waals surface area contributed by atoms with Crippen molar-refractivity contribution >= 4 is 5.91 Å². The van der Waals surface area contributed by atoms with Crippen LogP contribution >= 0.6 is 0 Å². The van der Waals surface area contributed by atoms with E-state index in [1.54, 1.807) is 19.0 Å². The Balaban J connectivity index is 2.75. The minimum Gasteiger partial charge on any atom is -0.342 e. The van der Waals surface area contributed by atoms with E-state index in [1.807, 2.05) is 13.8 Å². The summed E-state index contributed by atoms with van der Waals surface area (Å²) >= 11 is 0. The van der Waals surface area contributed by atoms with Crippen molar-refractivity contribution in [2.24, 2.45) is 7.05 Å². The first-order valence-corrected chi connectivity index (χ1v) is 4.77. The molecule has 0 fully saturated rings. The van der Waals surface area contributed by atoms with Crippen LogP contribution < -0.4 is 5.69 Å². The molecule has 84 valence electrons. The first-order valence-electron chi connectivity index (χ1n) is 4.77. The Morgan fingerprint density at radius 3 is 2.60 bits per heavy atom. The van der Waals surface area contributed by atoms with Crippen molar-refractivity contribution in [3.05, 3.63) is 16.8 Å². The summed E-state index contributed by atoms with van der Waals surface area (Å²) in [5, 5.41) is 3.82. The van der Waals surface area contributed by atoms with Gasteiger partial charge >= 0.3 is 5.69 Å². The molecular weight excluding hydrogens is 196 g/mol. The maximum absolute atomic E-state index is 11.6. The fourth-order valence-electron chi connectivity index (χ4n) is 1.06. The van der Waals surface area contributed by atoms with Gasteiger partial charge < -0.3 is 4.90 Å². The largest absolute Gasteiger partial charge is 0.345 e. The SMILES string of the molecule is CC(C)N(C)C(=O)Cn1ncn(C)c1=O. The maximum Gasteiger partial charge on any atom is 0.345 e. The van der Waals surface area contributed by atoms with Gasteiger partial charge in [-0.25, -0.2) is 9.48 Å². The lowest BCUT2D eigenvalue weighted by molar-refractivity contribution is -0.132. The van der Waals surface area contributed by atoms with E-state index in [9.17, 15) is 9.59 Å². The molecular formula is C9H16N4O2. The lowest BCUT2D eigenvalue weighted by atomic mass is 10.3. The van der Waals surface area contributed by atoms with Gasteiger partial charge in [0.15, 0.2) is 0 Å². The zero-order valence-electron chi connectivity index (χ0n) is 9.47. The van der Waals surface area contributed by atoms with Crippen LogP contribution in [0, 0.1) is 0 Å². The molecule has 0 aliphatic carbocycles. The lowest BCUT2D eigenvalue weighted by Gasteiger charge is -2.20. The molecule has 1 amide bonds. The molecule has 1 heterocycles. The summed E-state index contributed by atoms with van der Waals surface area (Å²) in [5.74, 6) is -0.120. The van der Waals surface area contributed by atoms with Crippen LogP contribution in [-0.2, 0) is 18.4 Å². The predicted octanol–water partition coefficient (Wildman–Crippen LogP) is -0.551. The Morgan fingerprint density at radius 2 is 2.20 bits per heavy atom. The van der Waals surface area contributed by atoms with Gasteiger partial charge in [-0.1, -0.05) is 0 Å². The highest BCUT2D eigenvalue weighted by molar-refractivity contribution is 5.75. The Bertz CT molecular complexity index is 404. The Morgan fingerprint density at radius 1 is 1.60 bits per heavy atom. The van der Waals surface area contributed by atoms with Crippen LogP contribution in [0.15, 0.2) is 11.1 Å². The molecule has 15 heavy (non-hydrogen) atoms. The van der Waals surface area contributed by atoms with Crippen LogP contribution in [0.4, 0.5) is 0 Å². The van der Waals surface area contributed by atoms with Gasteiger partial charge in [-0.05, 0) is 13.8 Å². The number of hydrogen-bond donors (Lipinski definition) is 0. The number of nitrogens with zero attached hydrogens (tertiary/aromatic N) is 4. The van der Waals surface area contributed by atoms with Crippen LogP contribution in [0.3, 0.4) is 0 Å². The quantitative estimate of drug-likeness (QED) is 0.675. The normalized spacial score (nSPS) is 10.7. The molecule has 6 heteroatoms. The van der Waals surface area contributed by atoms with Gasteiger partial charge in [0.2, 0.25) is 5.91 Å². The highest BCUT2D eigenvalue weighted by Crippen LogP contribution is 1.95. The van der Waals surface area contributed by atoms with Gasteiger partial charge in [0.05, 0.1) is 0 Å². The predicted molar refractivity (Wildman–Crippen MR) is 55.4 cm³/mol. The smallest absolute Gasteiger partial charge is 0.342 e. The summed E-state index contributed by atoms with van der Waals surface area (Å²) in [6, 6.07) is 0.122. The van der Waals surface area contributed by atoms with Crippen molar-refractivity contribution in [1.82, 2.24) is 19.2 Å². The number of carbonyl (C=O) groups is 1. The molecule has 0 spiro atoms. The van der Waals surface area contributed by atoms with Crippen molar-refractivity contribution in [2.75, 3.05) is 7.05 Å². The second-order valence-electron chi connectivity index (χ2n) is 3.78. The Hall–Kier alpha value is -1.59. The van der Waals surface area contributed by atoms with E-state index in [-0.39, 0.29) is 24.2 Å². The van der Waals surface area contributed by atoms with Gasteiger partial charge in [0, 0.05) is 20.1 Å². The fraction of sp³-hybridized carbons (Fsp3) is 0.667. The average Bonchev–Trinajstić information content (AvgIpc) is 2.48. The zero-order chi connectivity index (χ0) is 11.6.